The van der Waals surface area contributed by atoms with Crippen molar-refractivity contribution in [1.29, 1.82) is 0 Å². The Labute approximate surface area is 150 Å². The number of nitrogens with one attached hydrogen (secondary N) is 1. The van der Waals surface area contributed by atoms with E-state index in [1.807, 2.05) is 0 Å². The van der Waals surface area contributed by atoms with Crippen LogP contribution < -0.4 is 10.1 Å². The van der Waals surface area contributed by atoms with Gasteiger partial charge in [0.1, 0.15) is 18.2 Å². The van der Waals surface area contributed by atoms with Crippen LogP contribution in [0, 0.1) is 0 Å². The molecule has 0 bridgehead atoms. The molecule has 0 amide bonds. The molecule has 2 rings (SSSR count). The van der Waals surface area contributed by atoms with Crippen LogP contribution in [0.4, 0.5) is 11.5 Å². The van der Waals surface area contributed by atoms with Crippen molar-refractivity contribution in [1.82, 2.24) is 9.97 Å². The monoisotopic (exact) mass is 343 g/mol. The van der Waals surface area contributed by atoms with Gasteiger partial charge in [0.25, 0.3) is 0 Å². The van der Waals surface area contributed by atoms with Gasteiger partial charge in [0.05, 0.1) is 12.8 Å². The van der Waals surface area contributed by atoms with Crippen LogP contribution in [-0.2, 0) is 10.8 Å². The Morgan fingerprint density at radius 3 is 2.04 bits per heavy atom. The average molecular weight is 343 g/mol. The second-order valence-electron chi connectivity index (χ2n) is 8.19. The van der Waals surface area contributed by atoms with Crippen molar-refractivity contribution in [2.45, 2.75) is 52.4 Å². The van der Waals surface area contributed by atoms with E-state index < -0.39 is 0 Å². The minimum atomic E-state index is -0.106. The Morgan fingerprint density at radius 2 is 1.60 bits per heavy atom. The molecule has 0 saturated heterocycles. The van der Waals surface area contributed by atoms with Crippen molar-refractivity contribution in [2.24, 2.45) is 0 Å². The molecule has 5 heteroatoms. The smallest absolute Gasteiger partial charge is 0.148 e. The lowest BCUT2D eigenvalue weighted by Gasteiger charge is -2.30. The summed E-state index contributed by atoms with van der Waals surface area (Å²) in [6, 6.07) is 4.19. The first-order valence-corrected chi connectivity index (χ1v) is 8.58. The van der Waals surface area contributed by atoms with E-state index in [-0.39, 0.29) is 24.0 Å². The first-order valence-electron chi connectivity index (χ1n) is 8.58. The number of aliphatic hydroxyl groups excluding tert-OH is 1. The van der Waals surface area contributed by atoms with Gasteiger partial charge in [-0.2, -0.15) is 0 Å². The van der Waals surface area contributed by atoms with Crippen molar-refractivity contribution < 1.29 is 9.84 Å². The van der Waals surface area contributed by atoms with Crippen molar-refractivity contribution in [2.75, 3.05) is 18.5 Å². The van der Waals surface area contributed by atoms with Gasteiger partial charge < -0.3 is 15.2 Å². The number of benzene rings is 1. The standard InChI is InChI=1S/C20H29N3O2/c1-19(2,3)15-11-14(23-17-13-21-7-8-22-17)12-16(20(4,5)6)18(15)25-10-9-24/h7-8,11-13,24H,9-10H2,1-6H3,(H,22,23). The molecular weight excluding hydrogens is 314 g/mol. The summed E-state index contributed by atoms with van der Waals surface area (Å²) in [5, 5.41) is 12.5. The lowest BCUT2D eigenvalue weighted by molar-refractivity contribution is 0.196. The quantitative estimate of drug-likeness (QED) is 0.852. The van der Waals surface area contributed by atoms with Crippen LogP contribution in [0.3, 0.4) is 0 Å². The van der Waals surface area contributed by atoms with Gasteiger partial charge in [-0.3, -0.25) is 4.98 Å². The molecule has 136 valence electrons. The highest BCUT2D eigenvalue weighted by Crippen LogP contribution is 2.42. The zero-order chi connectivity index (χ0) is 18.7. The maximum Gasteiger partial charge on any atom is 0.148 e. The van der Waals surface area contributed by atoms with Gasteiger partial charge in [0.2, 0.25) is 0 Å². The van der Waals surface area contributed by atoms with E-state index in [0.717, 1.165) is 22.6 Å². The SMILES string of the molecule is CC(C)(C)c1cc(Nc2cnccn2)cc(C(C)(C)C)c1OCCO. The van der Waals surface area contributed by atoms with E-state index in [0.29, 0.717) is 5.82 Å². The highest BCUT2D eigenvalue weighted by Gasteiger charge is 2.28. The number of aliphatic hydroxyl groups is 1. The number of rotatable bonds is 5. The van der Waals surface area contributed by atoms with Gasteiger partial charge in [0.15, 0.2) is 0 Å². The first-order chi connectivity index (χ1) is 11.6. The number of hydrogen-bond acceptors (Lipinski definition) is 5. The number of ether oxygens (including phenoxy) is 1. The van der Waals surface area contributed by atoms with Crippen LogP contribution in [0.5, 0.6) is 5.75 Å². The molecule has 1 aromatic carbocycles. The third-order valence-electron chi connectivity index (χ3n) is 3.88. The number of hydrogen-bond donors (Lipinski definition) is 2. The number of nitrogens with zero attached hydrogens (tertiary/aromatic N) is 2. The Kier molecular flexibility index (Phi) is 5.68. The second kappa shape index (κ2) is 7.40. The van der Waals surface area contributed by atoms with Crippen LogP contribution in [0.1, 0.15) is 52.7 Å². The van der Waals surface area contributed by atoms with Gasteiger partial charge in [-0.05, 0) is 23.0 Å². The summed E-state index contributed by atoms with van der Waals surface area (Å²) in [6.45, 7) is 13.2. The minimum Gasteiger partial charge on any atom is -0.491 e. The van der Waals surface area contributed by atoms with Crippen molar-refractivity contribution in [3.63, 3.8) is 0 Å². The Balaban J connectivity index is 2.59. The summed E-state index contributed by atoms with van der Waals surface area (Å²) in [4.78, 5) is 8.40. The largest absolute Gasteiger partial charge is 0.491 e. The molecule has 25 heavy (non-hydrogen) atoms. The Morgan fingerprint density at radius 1 is 1.00 bits per heavy atom. The lowest BCUT2D eigenvalue weighted by atomic mass is 9.79. The molecule has 0 aliphatic rings. The molecule has 2 aromatic rings. The fourth-order valence-electron chi connectivity index (χ4n) is 2.63. The van der Waals surface area contributed by atoms with E-state index in [4.69, 9.17) is 4.74 Å². The van der Waals surface area contributed by atoms with Gasteiger partial charge >= 0.3 is 0 Å². The van der Waals surface area contributed by atoms with Gasteiger partial charge in [-0.1, -0.05) is 41.5 Å². The second-order valence-corrected chi connectivity index (χ2v) is 8.19. The zero-order valence-electron chi connectivity index (χ0n) is 16.1. The molecule has 0 aliphatic carbocycles. The van der Waals surface area contributed by atoms with Crippen molar-refractivity contribution >= 4 is 11.5 Å². The van der Waals surface area contributed by atoms with E-state index in [9.17, 15) is 5.11 Å². The molecular formula is C20H29N3O2. The summed E-state index contributed by atoms with van der Waals surface area (Å²) in [7, 11) is 0. The third-order valence-corrected chi connectivity index (χ3v) is 3.88. The van der Waals surface area contributed by atoms with Crippen LogP contribution in [0.2, 0.25) is 0 Å². The van der Waals surface area contributed by atoms with Crippen LogP contribution >= 0.6 is 0 Å². The summed E-state index contributed by atoms with van der Waals surface area (Å²) >= 11 is 0. The maximum absolute atomic E-state index is 9.21. The average Bonchev–Trinajstić information content (AvgIpc) is 2.52. The fourth-order valence-corrected chi connectivity index (χ4v) is 2.63. The normalized spacial score (nSPS) is 12.1. The van der Waals surface area contributed by atoms with E-state index in [2.05, 4.69) is 69.0 Å². The number of aromatic nitrogens is 2. The summed E-state index contributed by atoms with van der Waals surface area (Å²) < 4.78 is 5.97. The zero-order valence-corrected chi connectivity index (χ0v) is 16.1. The van der Waals surface area contributed by atoms with Crippen molar-refractivity contribution in [3.05, 3.63) is 41.9 Å². The lowest BCUT2D eigenvalue weighted by Crippen LogP contribution is -2.21. The predicted molar refractivity (Wildman–Crippen MR) is 102 cm³/mol. The Bertz CT molecular complexity index is 666. The van der Waals surface area contributed by atoms with Crippen molar-refractivity contribution in [3.8, 4) is 5.75 Å². The van der Waals surface area contributed by atoms with Crippen LogP contribution in [0.15, 0.2) is 30.7 Å². The van der Waals surface area contributed by atoms with E-state index in [1.165, 1.54) is 0 Å². The Hall–Kier alpha value is -2.14. The molecule has 1 heterocycles. The summed E-state index contributed by atoms with van der Waals surface area (Å²) in [6.07, 6.45) is 5.01. The van der Waals surface area contributed by atoms with E-state index in [1.54, 1.807) is 18.6 Å². The molecule has 0 spiro atoms. The topological polar surface area (TPSA) is 67.3 Å². The molecule has 2 N–H and O–H groups in total. The van der Waals surface area contributed by atoms with Crippen LogP contribution in [0.25, 0.3) is 0 Å². The molecule has 0 aliphatic heterocycles. The minimum absolute atomic E-state index is 0.00717. The molecule has 5 nitrogen and oxygen atoms in total. The van der Waals surface area contributed by atoms with Gasteiger partial charge in [-0.15, -0.1) is 0 Å². The molecule has 0 atom stereocenters. The molecule has 1 aromatic heterocycles. The molecule has 0 saturated carbocycles. The third kappa shape index (κ3) is 4.92. The van der Waals surface area contributed by atoms with E-state index >= 15 is 0 Å². The summed E-state index contributed by atoms with van der Waals surface area (Å²) in [5.41, 5.74) is 2.93. The predicted octanol–water partition coefficient (Wildman–Crippen LogP) is 4.19. The highest BCUT2D eigenvalue weighted by molar-refractivity contribution is 5.64. The van der Waals surface area contributed by atoms with Gasteiger partial charge in [-0.25, -0.2) is 4.98 Å². The highest BCUT2D eigenvalue weighted by atomic mass is 16.5. The molecule has 0 unspecified atom stereocenters. The maximum atomic E-state index is 9.21. The number of anilines is 2. The first kappa shape index (κ1) is 19.2. The fraction of sp³-hybridized carbons (Fsp3) is 0.500. The van der Waals surface area contributed by atoms with Gasteiger partial charge in [0, 0.05) is 29.2 Å². The molecule has 0 radical (unpaired) electrons. The molecule has 0 fully saturated rings. The van der Waals surface area contributed by atoms with Crippen LogP contribution in [-0.4, -0.2) is 28.3 Å². The summed E-state index contributed by atoms with van der Waals surface area (Å²) in [5.74, 6) is 1.56.